The topological polar surface area (TPSA) is 176 Å². The molecule has 0 radical (unpaired) electrons. The van der Waals surface area contributed by atoms with Crippen LogP contribution >= 0.6 is 0 Å². The second-order valence-corrected chi connectivity index (χ2v) is 15.6. The first-order valence-corrected chi connectivity index (χ1v) is 18.1. The van der Waals surface area contributed by atoms with Crippen molar-refractivity contribution in [2.75, 3.05) is 39.6 Å². The number of rotatable bonds is 16. The van der Waals surface area contributed by atoms with E-state index in [0.29, 0.717) is 31.6 Å². The number of aliphatic hydroxyl groups is 1. The number of sulfonamides is 1. The highest BCUT2D eigenvalue weighted by atomic mass is 32.2. The minimum atomic E-state index is -4.28. The number of carbonyl (C=O) groups is 2. The third-order valence-corrected chi connectivity index (χ3v) is 11.0. The zero-order valence-corrected chi connectivity index (χ0v) is 29.4. The molecule has 15 heteroatoms. The number of allylic oxidation sites excluding steroid dienone is 1. The Morgan fingerprint density at radius 2 is 1.88 bits per heavy atom. The summed E-state index contributed by atoms with van der Waals surface area (Å²) in [6.07, 6.45) is -2.50. The van der Waals surface area contributed by atoms with Crippen LogP contribution in [0.3, 0.4) is 0 Å². The van der Waals surface area contributed by atoms with E-state index in [-0.39, 0.29) is 55.2 Å². The van der Waals surface area contributed by atoms with E-state index in [9.17, 15) is 28.2 Å². The first kappa shape index (κ1) is 37.4. The molecular formula is C35H46N3O11S-. The molecule has 2 aromatic rings. The van der Waals surface area contributed by atoms with Gasteiger partial charge in [-0.15, -0.1) is 0 Å². The summed E-state index contributed by atoms with van der Waals surface area (Å²) >= 11 is 0. The molecule has 5 rings (SSSR count). The van der Waals surface area contributed by atoms with Crippen molar-refractivity contribution >= 4 is 22.2 Å². The molecule has 3 heterocycles. The van der Waals surface area contributed by atoms with Crippen LogP contribution in [0.15, 0.2) is 65.8 Å². The van der Waals surface area contributed by atoms with Crippen molar-refractivity contribution in [3.05, 3.63) is 66.4 Å². The van der Waals surface area contributed by atoms with Gasteiger partial charge in [-0.25, -0.2) is 13.2 Å². The number of fused-ring (bicyclic) bond motifs is 2. The molecule has 50 heavy (non-hydrogen) atoms. The SMILES string of the molecule is C=C(C)OC(=O)NCCCC(C)(C)CN(C[C@@H](O)[C@H](Cc1ccccc1)N(C(=O)[O-])[C@H]1CO[C@H]2OCC[C@H]21)S(=O)(=O)c1ccc2c(c1)OCO2. The standard InChI is InChI=1S/C35H47N3O11S/c1-23(2)49-33(40)36-15-8-14-35(3,4)21-37(50(43,44)25-11-12-30-31(18-25)48-22-47-30)19-29(39)27(17-24-9-6-5-7-10-24)38(34(41)42)28-20-46-32-26(28)13-16-45-32/h5-7,9-12,18,26-29,32,39H,1,8,13-17,19-22H2,2-4H3,(H,36,40)(H,41,42)/p-1/t26-,27-,28-,29+,32+/m0/s1. The van der Waals surface area contributed by atoms with Gasteiger partial charge in [0.2, 0.25) is 16.8 Å². The van der Waals surface area contributed by atoms with E-state index in [4.69, 9.17) is 23.7 Å². The third kappa shape index (κ3) is 9.06. The molecule has 2 N–H and O–H groups in total. The number of aliphatic hydroxyl groups excluding tert-OH is 1. The maximum atomic E-state index is 14.4. The second kappa shape index (κ2) is 16.0. The summed E-state index contributed by atoms with van der Waals surface area (Å²) in [4.78, 5) is 25.9. The van der Waals surface area contributed by atoms with Gasteiger partial charge in [0.25, 0.3) is 0 Å². The molecular weight excluding hydrogens is 670 g/mol. The monoisotopic (exact) mass is 716 g/mol. The zero-order valence-electron chi connectivity index (χ0n) is 28.6. The van der Waals surface area contributed by atoms with Crippen molar-refractivity contribution in [3.63, 3.8) is 0 Å². The van der Waals surface area contributed by atoms with Gasteiger partial charge in [0.05, 0.1) is 42.1 Å². The van der Waals surface area contributed by atoms with Crippen LogP contribution in [0, 0.1) is 11.3 Å². The average Bonchev–Trinajstić information content (AvgIpc) is 3.81. The Hall–Kier alpha value is -3.89. The van der Waals surface area contributed by atoms with E-state index >= 15 is 0 Å². The van der Waals surface area contributed by atoms with Crippen LogP contribution in [-0.2, 0) is 30.7 Å². The number of hydrogen-bond acceptors (Lipinski definition) is 11. The van der Waals surface area contributed by atoms with Crippen molar-refractivity contribution in [3.8, 4) is 11.5 Å². The lowest BCUT2D eigenvalue weighted by molar-refractivity contribution is -0.273. The van der Waals surface area contributed by atoms with Crippen LogP contribution in [0.5, 0.6) is 11.5 Å². The van der Waals surface area contributed by atoms with E-state index in [2.05, 4.69) is 11.9 Å². The maximum absolute atomic E-state index is 14.4. The number of carboxylic acid groups (broad SMARTS) is 1. The van der Waals surface area contributed by atoms with Crippen molar-refractivity contribution < 1.29 is 51.9 Å². The minimum Gasteiger partial charge on any atom is -0.530 e. The predicted octanol–water partition coefficient (Wildman–Crippen LogP) is 2.85. The van der Waals surface area contributed by atoms with Crippen LogP contribution in [0.25, 0.3) is 0 Å². The number of nitrogens with one attached hydrogen (secondary N) is 1. The molecule has 5 atom stereocenters. The number of amides is 2. The Labute approximate surface area is 292 Å². The lowest BCUT2D eigenvalue weighted by atomic mass is 9.87. The lowest BCUT2D eigenvalue weighted by Gasteiger charge is -2.43. The van der Waals surface area contributed by atoms with Gasteiger partial charge < -0.3 is 48.9 Å². The van der Waals surface area contributed by atoms with Crippen LogP contribution in [-0.4, -0.2) is 99.0 Å². The summed E-state index contributed by atoms with van der Waals surface area (Å²) in [7, 11) is -4.28. The Morgan fingerprint density at radius 1 is 1.14 bits per heavy atom. The van der Waals surface area contributed by atoms with Gasteiger partial charge in [-0.1, -0.05) is 50.8 Å². The lowest BCUT2D eigenvalue weighted by Crippen LogP contribution is -2.61. The smallest absolute Gasteiger partial charge is 0.412 e. The third-order valence-electron chi connectivity index (χ3n) is 9.21. The predicted molar refractivity (Wildman–Crippen MR) is 178 cm³/mol. The van der Waals surface area contributed by atoms with Crippen molar-refractivity contribution in [1.82, 2.24) is 14.5 Å². The maximum Gasteiger partial charge on any atom is 0.412 e. The zero-order chi connectivity index (χ0) is 36.1. The molecule has 2 aromatic carbocycles. The molecule has 0 spiro atoms. The average molecular weight is 717 g/mol. The highest BCUT2D eigenvalue weighted by Crippen LogP contribution is 2.38. The summed E-state index contributed by atoms with van der Waals surface area (Å²) < 4.78 is 57.2. The van der Waals surface area contributed by atoms with Gasteiger partial charge in [0.1, 0.15) is 6.09 Å². The van der Waals surface area contributed by atoms with Gasteiger partial charge in [-0.2, -0.15) is 4.31 Å². The number of carbonyl (C=O) groups excluding carboxylic acids is 2. The summed E-state index contributed by atoms with van der Waals surface area (Å²) in [5.74, 6) is 0.685. The highest BCUT2D eigenvalue weighted by Gasteiger charge is 2.47. The van der Waals surface area contributed by atoms with Crippen molar-refractivity contribution in [2.45, 2.75) is 75.8 Å². The van der Waals surface area contributed by atoms with Crippen molar-refractivity contribution in [1.29, 1.82) is 0 Å². The Balaban J connectivity index is 1.43. The van der Waals surface area contributed by atoms with Gasteiger partial charge >= 0.3 is 6.09 Å². The molecule has 2 amide bonds. The molecule has 2 saturated heterocycles. The fourth-order valence-electron chi connectivity index (χ4n) is 6.79. The second-order valence-electron chi connectivity index (χ2n) is 13.7. The largest absolute Gasteiger partial charge is 0.530 e. The van der Waals surface area contributed by atoms with Gasteiger partial charge in [0.15, 0.2) is 17.8 Å². The Bertz CT molecular complexity index is 1620. The molecule has 0 aromatic heterocycles. The molecule has 0 unspecified atom stereocenters. The van der Waals surface area contributed by atoms with Gasteiger partial charge in [-0.3, -0.25) is 0 Å². The molecule has 0 aliphatic carbocycles. The van der Waals surface area contributed by atoms with Crippen LogP contribution in [0.1, 0.15) is 45.6 Å². The van der Waals surface area contributed by atoms with Gasteiger partial charge in [-0.05, 0) is 55.7 Å². The minimum absolute atomic E-state index is 0.0362. The highest BCUT2D eigenvalue weighted by molar-refractivity contribution is 7.89. The van der Waals surface area contributed by atoms with Gasteiger partial charge in [0, 0.05) is 31.6 Å². The Morgan fingerprint density at radius 3 is 2.60 bits per heavy atom. The fraction of sp³-hybridized carbons (Fsp3) is 0.543. The number of alkyl carbamates (subject to hydrolysis) is 1. The van der Waals surface area contributed by atoms with Crippen molar-refractivity contribution in [2.24, 2.45) is 11.3 Å². The van der Waals surface area contributed by atoms with Crippen LogP contribution in [0.2, 0.25) is 0 Å². The Kier molecular flexibility index (Phi) is 11.9. The number of hydrogen-bond donors (Lipinski definition) is 2. The number of benzene rings is 2. The normalized spacial score (nSPS) is 21.0. The molecule has 2 fully saturated rings. The van der Waals surface area contributed by atoms with E-state index in [1.807, 2.05) is 44.2 Å². The van der Waals surface area contributed by atoms with E-state index in [0.717, 1.165) is 10.5 Å². The first-order chi connectivity index (χ1) is 23.7. The summed E-state index contributed by atoms with van der Waals surface area (Å²) in [6.45, 7) is 9.13. The van der Waals surface area contributed by atoms with E-state index in [1.54, 1.807) is 6.92 Å². The molecule has 0 bridgehead atoms. The van der Waals surface area contributed by atoms with Crippen LogP contribution in [0.4, 0.5) is 9.59 Å². The van der Waals surface area contributed by atoms with E-state index in [1.165, 1.54) is 22.5 Å². The molecule has 14 nitrogen and oxygen atoms in total. The summed E-state index contributed by atoms with van der Waals surface area (Å²) in [5, 5.41) is 27.6. The summed E-state index contributed by atoms with van der Waals surface area (Å²) in [6, 6.07) is 11.7. The molecule has 0 saturated carbocycles. The van der Waals surface area contributed by atoms with E-state index < -0.39 is 58.6 Å². The van der Waals surface area contributed by atoms with Crippen LogP contribution < -0.4 is 19.9 Å². The molecule has 274 valence electrons. The number of nitrogens with zero attached hydrogens (tertiary/aromatic N) is 2. The quantitative estimate of drug-likeness (QED) is 0.193. The molecule has 3 aliphatic rings. The summed E-state index contributed by atoms with van der Waals surface area (Å²) in [5.41, 5.74) is 0.101. The fourth-order valence-corrected chi connectivity index (χ4v) is 8.46. The molecule has 3 aliphatic heterocycles. The first-order valence-electron chi connectivity index (χ1n) is 16.7. The number of ether oxygens (including phenoxy) is 5.